The average molecular weight is 231 g/mol. The van der Waals surface area contributed by atoms with Crippen LogP contribution in [-0.4, -0.2) is 22.6 Å². The number of hydrogen-bond acceptors (Lipinski definition) is 3. The van der Waals surface area contributed by atoms with Crippen LogP contribution in [-0.2, 0) is 7.05 Å². The number of nitrogens with zero attached hydrogens (tertiary/aromatic N) is 2. The van der Waals surface area contributed by atoms with E-state index in [-0.39, 0.29) is 0 Å². The zero-order valence-electron chi connectivity index (χ0n) is 10.0. The molecule has 2 aromatic heterocycles. The van der Waals surface area contributed by atoms with Gasteiger partial charge in [0.15, 0.2) is 5.76 Å². The molecular formula is C13H17N3O. The predicted octanol–water partition coefficient (Wildman–Crippen LogP) is 2.15. The molecule has 0 unspecified atom stereocenters. The van der Waals surface area contributed by atoms with E-state index in [9.17, 15) is 0 Å². The van der Waals surface area contributed by atoms with Crippen molar-refractivity contribution in [3.63, 3.8) is 0 Å². The molecule has 4 heteroatoms. The molecular weight excluding hydrogens is 214 g/mol. The molecule has 0 atom stereocenters. The predicted molar refractivity (Wildman–Crippen MR) is 65.8 cm³/mol. The van der Waals surface area contributed by atoms with Crippen LogP contribution in [0.15, 0.2) is 29.1 Å². The maximum absolute atomic E-state index is 5.47. The summed E-state index contributed by atoms with van der Waals surface area (Å²) in [6, 6.07) is 3.89. The fraction of sp³-hybridized carbons (Fsp3) is 0.462. The Bertz CT molecular complexity index is 481. The summed E-state index contributed by atoms with van der Waals surface area (Å²) in [5.74, 6) is 1.46. The lowest BCUT2D eigenvalue weighted by atomic mass is 9.92. The number of imidazole rings is 1. The Kier molecular flexibility index (Phi) is 2.73. The molecule has 0 bridgehead atoms. The van der Waals surface area contributed by atoms with Gasteiger partial charge < -0.3 is 14.3 Å². The largest absolute Gasteiger partial charge is 0.463 e. The van der Waals surface area contributed by atoms with E-state index in [0.29, 0.717) is 5.92 Å². The third kappa shape index (κ3) is 1.89. The molecule has 3 rings (SSSR count). The van der Waals surface area contributed by atoms with Crippen molar-refractivity contribution in [1.82, 2.24) is 14.9 Å². The van der Waals surface area contributed by atoms with Crippen LogP contribution >= 0.6 is 0 Å². The summed E-state index contributed by atoms with van der Waals surface area (Å²) >= 11 is 0. The Morgan fingerprint density at radius 3 is 2.94 bits per heavy atom. The van der Waals surface area contributed by atoms with E-state index in [1.165, 1.54) is 18.5 Å². The fourth-order valence-electron chi connectivity index (χ4n) is 2.62. The van der Waals surface area contributed by atoms with E-state index in [2.05, 4.69) is 21.9 Å². The topological polar surface area (TPSA) is 43.0 Å². The third-order valence-corrected chi connectivity index (χ3v) is 3.46. The van der Waals surface area contributed by atoms with Crippen molar-refractivity contribution in [3.8, 4) is 11.5 Å². The first-order valence-electron chi connectivity index (χ1n) is 6.12. The molecule has 1 aliphatic rings. The van der Waals surface area contributed by atoms with Crippen molar-refractivity contribution in [3.05, 3.63) is 30.4 Å². The number of furan rings is 1. The number of aryl methyl sites for hydroxylation is 1. The van der Waals surface area contributed by atoms with Crippen LogP contribution in [0.1, 0.15) is 24.5 Å². The van der Waals surface area contributed by atoms with Crippen molar-refractivity contribution in [2.24, 2.45) is 7.05 Å². The zero-order chi connectivity index (χ0) is 11.7. The molecule has 1 fully saturated rings. The number of nitrogens with one attached hydrogen (secondary N) is 1. The van der Waals surface area contributed by atoms with Gasteiger partial charge in [0.25, 0.3) is 0 Å². The molecule has 1 saturated heterocycles. The van der Waals surface area contributed by atoms with Crippen LogP contribution in [0.5, 0.6) is 0 Å². The highest BCUT2D eigenvalue weighted by Crippen LogP contribution is 2.32. The van der Waals surface area contributed by atoms with Crippen LogP contribution in [0, 0.1) is 0 Å². The summed E-state index contributed by atoms with van der Waals surface area (Å²) in [5, 5.41) is 3.40. The molecule has 90 valence electrons. The number of hydrogen-bond donors (Lipinski definition) is 1. The van der Waals surface area contributed by atoms with Gasteiger partial charge >= 0.3 is 0 Å². The van der Waals surface area contributed by atoms with Gasteiger partial charge in [0.2, 0.25) is 0 Å². The average Bonchev–Trinajstić information content (AvgIpc) is 2.98. The Hall–Kier alpha value is -1.55. The van der Waals surface area contributed by atoms with Gasteiger partial charge in [-0.3, -0.25) is 0 Å². The van der Waals surface area contributed by atoms with E-state index >= 15 is 0 Å². The van der Waals surface area contributed by atoms with E-state index in [1.807, 2.05) is 18.5 Å². The SMILES string of the molecule is Cn1cnc(-c2ccco2)c1C1CCNCC1. The van der Waals surface area contributed by atoms with Crippen molar-refractivity contribution >= 4 is 0 Å². The third-order valence-electron chi connectivity index (χ3n) is 3.46. The van der Waals surface area contributed by atoms with Crippen LogP contribution in [0.3, 0.4) is 0 Å². The Morgan fingerprint density at radius 2 is 2.24 bits per heavy atom. The van der Waals surface area contributed by atoms with Crippen LogP contribution in [0.25, 0.3) is 11.5 Å². The number of piperidine rings is 1. The summed E-state index contributed by atoms with van der Waals surface area (Å²) in [6.45, 7) is 2.18. The van der Waals surface area contributed by atoms with Gasteiger partial charge in [-0.1, -0.05) is 0 Å². The first kappa shape index (κ1) is 10.6. The Labute approximate surface area is 101 Å². The van der Waals surface area contributed by atoms with Gasteiger partial charge in [-0.15, -0.1) is 0 Å². The smallest absolute Gasteiger partial charge is 0.154 e. The monoisotopic (exact) mass is 231 g/mol. The van der Waals surface area contributed by atoms with Gasteiger partial charge in [0.1, 0.15) is 5.69 Å². The first-order chi connectivity index (χ1) is 8.36. The van der Waals surface area contributed by atoms with Crippen LogP contribution in [0.4, 0.5) is 0 Å². The van der Waals surface area contributed by atoms with Gasteiger partial charge in [-0.25, -0.2) is 4.98 Å². The summed E-state index contributed by atoms with van der Waals surface area (Å²) in [5.41, 5.74) is 2.31. The minimum absolute atomic E-state index is 0.587. The van der Waals surface area contributed by atoms with Gasteiger partial charge in [0, 0.05) is 13.0 Å². The highest BCUT2D eigenvalue weighted by molar-refractivity contribution is 5.56. The highest BCUT2D eigenvalue weighted by Gasteiger charge is 2.23. The number of aromatic nitrogens is 2. The maximum atomic E-state index is 5.47. The van der Waals surface area contributed by atoms with E-state index in [0.717, 1.165) is 24.5 Å². The lowest BCUT2D eigenvalue weighted by molar-refractivity contribution is 0.445. The molecule has 0 saturated carbocycles. The molecule has 1 N–H and O–H groups in total. The molecule has 17 heavy (non-hydrogen) atoms. The van der Waals surface area contributed by atoms with Crippen LogP contribution in [0.2, 0.25) is 0 Å². The molecule has 4 nitrogen and oxygen atoms in total. The van der Waals surface area contributed by atoms with Gasteiger partial charge in [0.05, 0.1) is 18.3 Å². The molecule has 0 aromatic carbocycles. The minimum atomic E-state index is 0.587. The lowest BCUT2D eigenvalue weighted by Crippen LogP contribution is -2.27. The standard InChI is InChI=1S/C13H17N3O/c1-16-9-15-12(11-3-2-8-17-11)13(16)10-4-6-14-7-5-10/h2-3,8-10,14H,4-7H2,1H3. The lowest BCUT2D eigenvalue weighted by Gasteiger charge is -2.23. The Balaban J connectivity index is 2.00. The normalized spacial score (nSPS) is 17.5. The van der Waals surface area contributed by atoms with E-state index < -0.39 is 0 Å². The molecule has 0 aliphatic carbocycles. The molecule has 1 aliphatic heterocycles. The van der Waals surface area contributed by atoms with E-state index in [1.54, 1.807) is 6.26 Å². The summed E-state index contributed by atoms with van der Waals surface area (Å²) in [7, 11) is 2.07. The highest BCUT2D eigenvalue weighted by atomic mass is 16.3. The zero-order valence-corrected chi connectivity index (χ0v) is 10.0. The molecule has 0 amide bonds. The van der Waals surface area contributed by atoms with E-state index in [4.69, 9.17) is 4.42 Å². The first-order valence-corrected chi connectivity index (χ1v) is 6.12. The number of rotatable bonds is 2. The summed E-state index contributed by atoms with van der Waals surface area (Å²) in [6.07, 6.45) is 5.94. The molecule has 2 aromatic rings. The second kappa shape index (κ2) is 4.37. The molecule has 0 spiro atoms. The summed E-state index contributed by atoms with van der Waals surface area (Å²) < 4.78 is 7.61. The van der Waals surface area contributed by atoms with Crippen molar-refractivity contribution in [2.45, 2.75) is 18.8 Å². The Morgan fingerprint density at radius 1 is 1.41 bits per heavy atom. The van der Waals surface area contributed by atoms with Crippen molar-refractivity contribution in [1.29, 1.82) is 0 Å². The van der Waals surface area contributed by atoms with Crippen LogP contribution < -0.4 is 5.32 Å². The molecule has 0 radical (unpaired) electrons. The fourth-order valence-corrected chi connectivity index (χ4v) is 2.62. The minimum Gasteiger partial charge on any atom is -0.463 e. The van der Waals surface area contributed by atoms with Gasteiger partial charge in [-0.05, 0) is 38.1 Å². The second-order valence-electron chi connectivity index (χ2n) is 4.59. The summed E-state index contributed by atoms with van der Waals surface area (Å²) in [4.78, 5) is 4.48. The second-order valence-corrected chi connectivity index (χ2v) is 4.59. The van der Waals surface area contributed by atoms with Crippen molar-refractivity contribution in [2.75, 3.05) is 13.1 Å². The quantitative estimate of drug-likeness (QED) is 0.861. The van der Waals surface area contributed by atoms with Crippen molar-refractivity contribution < 1.29 is 4.42 Å². The maximum Gasteiger partial charge on any atom is 0.154 e. The molecule has 3 heterocycles. The van der Waals surface area contributed by atoms with Gasteiger partial charge in [-0.2, -0.15) is 0 Å².